The minimum absolute atomic E-state index is 0.0765. The molecule has 1 N–H and O–H groups in total. The zero-order valence-electron chi connectivity index (χ0n) is 15.3. The summed E-state index contributed by atoms with van der Waals surface area (Å²) < 4.78 is 4.99. The Balaban J connectivity index is 1.77. The lowest BCUT2D eigenvalue weighted by atomic mass is 10.0. The molecule has 0 saturated carbocycles. The highest BCUT2D eigenvalue weighted by Crippen LogP contribution is 2.22. The van der Waals surface area contributed by atoms with E-state index in [2.05, 4.69) is 18.0 Å². The van der Waals surface area contributed by atoms with Gasteiger partial charge in [0, 0.05) is 17.7 Å². The molecule has 5 heteroatoms. The Hall–Kier alpha value is -3.39. The van der Waals surface area contributed by atoms with Crippen molar-refractivity contribution in [3.63, 3.8) is 0 Å². The van der Waals surface area contributed by atoms with E-state index in [4.69, 9.17) is 10.00 Å². The van der Waals surface area contributed by atoms with Gasteiger partial charge in [-0.05, 0) is 55.2 Å². The number of benzene rings is 2. The molecular weight excluding hydrogens is 340 g/mol. The SMILES string of the molecule is C=C(C)C(=O)OCCCCC(=O)Nc1ccc(-c2ccc(C#N)cc2)cc1. The second-order valence-electron chi connectivity index (χ2n) is 6.19. The molecule has 0 radical (unpaired) electrons. The summed E-state index contributed by atoms with van der Waals surface area (Å²) in [4.78, 5) is 23.2. The van der Waals surface area contributed by atoms with Crippen molar-refractivity contribution in [2.75, 3.05) is 11.9 Å². The van der Waals surface area contributed by atoms with E-state index >= 15 is 0 Å². The highest BCUT2D eigenvalue weighted by Gasteiger charge is 2.05. The largest absolute Gasteiger partial charge is 0.462 e. The van der Waals surface area contributed by atoms with Crippen molar-refractivity contribution < 1.29 is 14.3 Å². The van der Waals surface area contributed by atoms with Crippen molar-refractivity contribution in [2.45, 2.75) is 26.2 Å². The minimum Gasteiger partial charge on any atom is -0.462 e. The summed E-state index contributed by atoms with van der Waals surface area (Å²) in [5.74, 6) is -0.478. The number of hydrogen-bond donors (Lipinski definition) is 1. The number of nitrogens with zero attached hydrogens (tertiary/aromatic N) is 1. The zero-order chi connectivity index (χ0) is 19.6. The normalized spacial score (nSPS) is 9.93. The number of anilines is 1. The third-order valence-corrected chi connectivity index (χ3v) is 3.90. The van der Waals surface area contributed by atoms with Crippen LogP contribution in [0, 0.1) is 11.3 Å². The molecule has 2 aromatic carbocycles. The quantitative estimate of drug-likeness (QED) is 0.427. The Morgan fingerprint density at radius 3 is 2.19 bits per heavy atom. The lowest BCUT2D eigenvalue weighted by Crippen LogP contribution is -2.12. The summed E-state index contributed by atoms with van der Waals surface area (Å²) in [5, 5.41) is 11.7. The smallest absolute Gasteiger partial charge is 0.333 e. The van der Waals surface area contributed by atoms with E-state index in [0.29, 0.717) is 30.4 Å². The summed E-state index contributed by atoms with van der Waals surface area (Å²) in [5.41, 5.74) is 3.74. The van der Waals surface area contributed by atoms with Crippen LogP contribution in [0.25, 0.3) is 11.1 Å². The molecule has 0 aliphatic carbocycles. The number of carbonyl (C=O) groups excluding carboxylic acids is 2. The highest BCUT2D eigenvalue weighted by atomic mass is 16.5. The number of esters is 1. The molecule has 2 rings (SSSR count). The highest BCUT2D eigenvalue weighted by molar-refractivity contribution is 5.91. The summed E-state index contributed by atoms with van der Waals surface area (Å²) in [6.45, 7) is 5.40. The van der Waals surface area contributed by atoms with Gasteiger partial charge in [0.2, 0.25) is 5.91 Å². The van der Waals surface area contributed by atoms with Crippen LogP contribution in [-0.4, -0.2) is 18.5 Å². The van der Waals surface area contributed by atoms with Gasteiger partial charge < -0.3 is 10.1 Å². The number of nitrogens with one attached hydrogen (secondary N) is 1. The van der Waals surface area contributed by atoms with Gasteiger partial charge in [-0.3, -0.25) is 4.79 Å². The van der Waals surface area contributed by atoms with E-state index in [9.17, 15) is 9.59 Å². The third-order valence-electron chi connectivity index (χ3n) is 3.90. The van der Waals surface area contributed by atoms with Crippen LogP contribution in [0.1, 0.15) is 31.7 Å². The Labute approximate surface area is 159 Å². The van der Waals surface area contributed by atoms with Gasteiger partial charge >= 0.3 is 5.97 Å². The maximum atomic E-state index is 12.0. The average Bonchev–Trinajstić information content (AvgIpc) is 2.68. The molecular formula is C22H22N2O3. The molecule has 0 heterocycles. The van der Waals surface area contributed by atoms with Gasteiger partial charge in [0.05, 0.1) is 18.2 Å². The zero-order valence-corrected chi connectivity index (χ0v) is 15.3. The summed E-state index contributed by atoms with van der Waals surface area (Å²) >= 11 is 0. The molecule has 2 aromatic rings. The molecule has 1 amide bonds. The first-order valence-electron chi connectivity index (χ1n) is 8.72. The fourth-order valence-corrected chi connectivity index (χ4v) is 2.38. The molecule has 0 unspecified atom stereocenters. The molecule has 0 spiro atoms. The first kappa shape index (κ1) is 19.9. The maximum Gasteiger partial charge on any atom is 0.333 e. The van der Waals surface area contributed by atoms with Gasteiger partial charge in [-0.1, -0.05) is 30.8 Å². The van der Waals surface area contributed by atoms with Crippen molar-refractivity contribution in [3.8, 4) is 17.2 Å². The van der Waals surface area contributed by atoms with Crippen LogP contribution in [0.15, 0.2) is 60.7 Å². The van der Waals surface area contributed by atoms with Crippen LogP contribution in [0.5, 0.6) is 0 Å². The van der Waals surface area contributed by atoms with Crippen LogP contribution in [0.4, 0.5) is 5.69 Å². The van der Waals surface area contributed by atoms with Gasteiger partial charge in [-0.15, -0.1) is 0 Å². The van der Waals surface area contributed by atoms with Gasteiger partial charge in [0.1, 0.15) is 0 Å². The van der Waals surface area contributed by atoms with Crippen molar-refractivity contribution in [1.82, 2.24) is 0 Å². The standard InChI is InChI=1S/C22H22N2O3/c1-16(2)22(26)27-14-4-3-5-21(25)24-20-12-10-19(11-13-20)18-8-6-17(15-23)7-9-18/h6-13H,1,3-5,14H2,2H3,(H,24,25). The number of unbranched alkanes of at least 4 members (excludes halogenated alkanes) is 1. The molecule has 5 nitrogen and oxygen atoms in total. The second-order valence-corrected chi connectivity index (χ2v) is 6.19. The Bertz CT molecular complexity index is 847. The van der Waals surface area contributed by atoms with Crippen LogP contribution < -0.4 is 5.32 Å². The van der Waals surface area contributed by atoms with Crippen LogP contribution >= 0.6 is 0 Å². The summed E-state index contributed by atoms with van der Waals surface area (Å²) in [6, 6.07) is 17.0. The first-order chi connectivity index (χ1) is 13.0. The minimum atomic E-state index is -0.401. The van der Waals surface area contributed by atoms with Gasteiger partial charge in [0.15, 0.2) is 0 Å². The van der Waals surface area contributed by atoms with Gasteiger partial charge in [-0.2, -0.15) is 5.26 Å². The van der Waals surface area contributed by atoms with Crippen LogP contribution in [0.3, 0.4) is 0 Å². The summed E-state index contributed by atoms with van der Waals surface area (Å²) in [6.07, 6.45) is 1.63. The average molecular weight is 362 g/mol. The van der Waals surface area contributed by atoms with Crippen molar-refractivity contribution >= 4 is 17.6 Å². The lowest BCUT2D eigenvalue weighted by molar-refractivity contribution is -0.139. The van der Waals surface area contributed by atoms with E-state index in [-0.39, 0.29) is 12.5 Å². The molecule has 0 aliphatic heterocycles. The predicted molar refractivity (Wildman–Crippen MR) is 105 cm³/mol. The van der Waals surface area contributed by atoms with E-state index < -0.39 is 5.97 Å². The predicted octanol–water partition coefficient (Wildman–Crippen LogP) is 4.45. The van der Waals surface area contributed by atoms with Crippen LogP contribution in [0.2, 0.25) is 0 Å². The molecule has 0 fully saturated rings. The summed E-state index contributed by atoms with van der Waals surface area (Å²) in [7, 11) is 0. The molecule has 0 atom stereocenters. The Morgan fingerprint density at radius 1 is 1.04 bits per heavy atom. The van der Waals surface area contributed by atoms with Crippen molar-refractivity contribution in [2.24, 2.45) is 0 Å². The van der Waals surface area contributed by atoms with E-state index in [1.807, 2.05) is 36.4 Å². The first-order valence-corrected chi connectivity index (χ1v) is 8.72. The fraction of sp³-hybridized carbons (Fsp3) is 0.227. The topological polar surface area (TPSA) is 79.2 Å². The molecule has 0 aromatic heterocycles. The lowest BCUT2D eigenvalue weighted by Gasteiger charge is -2.07. The van der Waals surface area contributed by atoms with E-state index in [1.165, 1.54) is 0 Å². The number of carbonyl (C=O) groups is 2. The maximum absolute atomic E-state index is 12.0. The van der Waals surface area contributed by atoms with Crippen molar-refractivity contribution in [3.05, 3.63) is 66.2 Å². The Kier molecular flexibility index (Phi) is 7.33. The number of rotatable bonds is 8. The third kappa shape index (κ3) is 6.44. The number of ether oxygens (including phenoxy) is 1. The molecule has 0 saturated heterocycles. The number of amides is 1. The Morgan fingerprint density at radius 2 is 1.63 bits per heavy atom. The number of hydrogen-bond acceptors (Lipinski definition) is 4. The second kappa shape index (κ2) is 9.93. The van der Waals surface area contributed by atoms with Gasteiger partial charge in [-0.25, -0.2) is 4.79 Å². The van der Waals surface area contributed by atoms with Gasteiger partial charge in [0.25, 0.3) is 0 Å². The van der Waals surface area contributed by atoms with E-state index in [0.717, 1.165) is 16.8 Å². The molecule has 0 aliphatic rings. The van der Waals surface area contributed by atoms with E-state index in [1.54, 1.807) is 19.1 Å². The molecule has 0 bridgehead atoms. The molecule has 27 heavy (non-hydrogen) atoms. The number of nitriles is 1. The molecule has 138 valence electrons. The monoisotopic (exact) mass is 362 g/mol. The van der Waals surface area contributed by atoms with Crippen molar-refractivity contribution in [1.29, 1.82) is 5.26 Å². The van der Waals surface area contributed by atoms with Crippen LogP contribution in [-0.2, 0) is 14.3 Å². The fourth-order valence-electron chi connectivity index (χ4n) is 2.38.